The summed E-state index contributed by atoms with van der Waals surface area (Å²) in [5.74, 6) is 1.01. The molecule has 0 aliphatic carbocycles. The molecule has 0 bridgehead atoms. The smallest absolute Gasteiger partial charge is 0.258 e. The molecule has 0 amide bonds. The number of allylic oxidation sites excluding steroid dienone is 1. The average Bonchev–Trinajstić information content (AvgIpc) is 3.33. The summed E-state index contributed by atoms with van der Waals surface area (Å²) in [5.41, 5.74) is 5.92. The van der Waals surface area contributed by atoms with Gasteiger partial charge in [-0.2, -0.15) is 4.98 Å². The maximum atomic E-state index is 6.45. The molecule has 34 heavy (non-hydrogen) atoms. The maximum absolute atomic E-state index is 6.45. The molecule has 0 radical (unpaired) electrons. The summed E-state index contributed by atoms with van der Waals surface area (Å²) in [5, 5.41) is 9.09. The third-order valence-corrected chi connectivity index (χ3v) is 6.66. The van der Waals surface area contributed by atoms with E-state index in [1.54, 1.807) is 0 Å². The second-order valence-electron chi connectivity index (χ2n) is 8.26. The molecular formula is C27H23ClN4OS. The normalized spacial score (nSPS) is 16.0. The zero-order chi connectivity index (χ0) is 23.7. The number of thiocarbonyl (C=S) groups is 1. The first-order valence-corrected chi connectivity index (χ1v) is 11.8. The molecule has 1 unspecified atom stereocenters. The van der Waals surface area contributed by atoms with Crippen molar-refractivity contribution in [2.24, 2.45) is 0 Å². The second-order valence-corrected chi connectivity index (χ2v) is 9.06. The summed E-state index contributed by atoms with van der Waals surface area (Å²) in [6.07, 6.45) is 0. The summed E-state index contributed by atoms with van der Waals surface area (Å²) in [4.78, 5) is 6.81. The van der Waals surface area contributed by atoms with Crippen molar-refractivity contribution in [3.8, 4) is 11.4 Å². The topological polar surface area (TPSA) is 54.2 Å². The van der Waals surface area contributed by atoms with Crippen LogP contribution in [0, 0.1) is 6.92 Å². The van der Waals surface area contributed by atoms with Gasteiger partial charge in [-0.05, 0) is 49.3 Å². The number of hydrogen-bond acceptors (Lipinski definition) is 4. The second kappa shape index (κ2) is 9.41. The number of aryl methyl sites for hydroxylation is 1. The molecule has 5 rings (SSSR count). The highest BCUT2D eigenvalue weighted by Crippen LogP contribution is 2.38. The molecule has 0 saturated heterocycles. The van der Waals surface area contributed by atoms with Crippen LogP contribution in [0.15, 0.2) is 89.1 Å². The highest BCUT2D eigenvalue weighted by molar-refractivity contribution is 7.80. The molecule has 5 nitrogen and oxygen atoms in total. The van der Waals surface area contributed by atoms with Gasteiger partial charge in [0, 0.05) is 16.3 Å². The van der Waals surface area contributed by atoms with E-state index in [9.17, 15) is 0 Å². The van der Waals surface area contributed by atoms with E-state index in [4.69, 9.17) is 33.3 Å². The highest BCUT2D eigenvalue weighted by atomic mass is 35.5. The zero-order valence-electron chi connectivity index (χ0n) is 18.8. The van der Waals surface area contributed by atoms with E-state index >= 15 is 0 Å². The van der Waals surface area contributed by atoms with Crippen LogP contribution in [0.25, 0.3) is 17.0 Å². The van der Waals surface area contributed by atoms with Crippen LogP contribution in [-0.4, -0.2) is 20.2 Å². The number of aromatic nitrogens is 2. The van der Waals surface area contributed by atoms with E-state index in [1.165, 1.54) is 0 Å². The molecule has 170 valence electrons. The summed E-state index contributed by atoms with van der Waals surface area (Å²) in [6, 6.07) is 25.8. The van der Waals surface area contributed by atoms with Crippen LogP contribution in [-0.2, 0) is 6.54 Å². The van der Waals surface area contributed by atoms with E-state index in [1.807, 2.05) is 85.5 Å². The molecule has 1 aliphatic rings. The van der Waals surface area contributed by atoms with Crippen LogP contribution in [0.4, 0.5) is 0 Å². The highest BCUT2D eigenvalue weighted by Gasteiger charge is 2.34. The Labute approximate surface area is 209 Å². The lowest BCUT2D eigenvalue weighted by Crippen LogP contribution is -2.45. The molecule has 3 aromatic carbocycles. The van der Waals surface area contributed by atoms with Crippen LogP contribution >= 0.6 is 23.8 Å². The van der Waals surface area contributed by atoms with E-state index in [2.05, 4.69) is 22.6 Å². The minimum Gasteiger partial charge on any atom is -0.351 e. The first-order chi connectivity index (χ1) is 16.5. The van der Waals surface area contributed by atoms with Crippen molar-refractivity contribution in [3.05, 3.63) is 112 Å². The number of nitrogens with one attached hydrogen (secondary N) is 1. The zero-order valence-corrected chi connectivity index (χ0v) is 20.4. The molecule has 1 N–H and O–H groups in total. The van der Waals surface area contributed by atoms with Crippen molar-refractivity contribution in [2.75, 3.05) is 0 Å². The largest absolute Gasteiger partial charge is 0.351 e. The molecule has 0 fully saturated rings. The van der Waals surface area contributed by atoms with Crippen molar-refractivity contribution in [2.45, 2.75) is 26.4 Å². The number of nitrogens with zero attached hydrogens (tertiary/aromatic N) is 3. The van der Waals surface area contributed by atoms with Crippen molar-refractivity contribution < 1.29 is 4.52 Å². The van der Waals surface area contributed by atoms with Gasteiger partial charge >= 0.3 is 0 Å². The minimum absolute atomic E-state index is 0.220. The first-order valence-electron chi connectivity index (χ1n) is 11.0. The molecule has 4 aromatic rings. The lowest BCUT2D eigenvalue weighted by molar-refractivity contribution is 0.396. The Kier molecular flexibility index (Phi) is 6.18. The van der Waals surface area contributed by atoms with E-state index in [0.29, 0.717) is 28.4 Å². The molecule has 1 aliphatic heterocycles. The summed E-state index contributed by atoms with van der Waals surface area (Å²) in [7, 11) is 0. The average molecular weight is 487 g/mol. The number of halogens is 1. The van der Waals surface area contributed by atoms with E-state index in [-0.39, 0.29) is 6.04 Å². The third kappa shape index (κ3) is 4.34. The third-order valence-electron chi connectivity index (χ3n) is 5.95. The van der Waals surface area contributed by atoms with Gasteiger partial charge in [0.1, 0.15) is 0 Å². The van der Waals surface area contributed by atoms with Crippen LogP contribution in [0.3, 0.4) is 0 Å². The monoisotopic (exact) mass is 486 g/mol. The van der Waals surface area contributed by atoms with Crippen LogP contribution in [0.5, 0.6) is 0 Å². The molecule has 2 heterocycles. The van der Waals surface area contributed by atoms with Gasteiger partial charge in [-0.3, -0.25) is 0 Å². The number of benzene rings is 3. The lowest BCUT2D eigenvalue weighted by atomic mass is 9.94. The molecule has 1 atom stereocenters. The maximum Gasteiger partial charge on any atom is 0.258 e. The fourth-order valence-corrected chi connectivity index (χ4v) is 4.69. The van der Waals surface area contributed by atoms with Gasteiger partial charge in [0.05, 0.1) is 18.2 Å². The van der Waals surface area contributed by atoms with Gasteiger partial charge in [-0.15, -0.1) is 0 Å². The summed E-state index contributed by atoms with van der Waals surface area (Å²) >= 11 is 12.2. The lowest BCUT2D eigenvalue weighted by Gasteiger charge is -2.37. The number of hydrogen-bond donors (Lipinski definition) is 1. The van der Waals surface area contributed by atoms with Gasteiger partial charge in [-0.1, -0.05) is 89.1 Å². The predicted octanol–water partition coefficient (Wildman–Crippen LogP) is 6.56. The Morgan fingerprint density at radius 1 is 1.00 bits per heavy atom. The van der Waals surface area contributed by atoms with Crippen molar-refractivity contribution >= 4 is 34.5 Å². The fourth-order valence-electron chi connectivity index (χ4n) is 4.18. The first kappa shape index (κ1) is 22.3. The summed E-state index contributed by atoms with van der Waals surface area (Å²) in [6.45, 7) is 4.61. The molecule has 1 aromatic heterocycles. The fraction of sp³-hybridized carbons (Fsp3) is 0.148. The Morgan fingerprint density at radius 2 is 1.76 bits per heavy atom. The quantitative estimate of drug-likeness (QED) is 0.322. The minimum atomic E-state index is -0.220. The van der Waals surface area contributed by atoms with Crippen molar-refractivity contribution in [3.63, 3.8) is 0 Å². The molecular weight excluding hydrogens is 464 g/mol. The van der Waals surface area contributed by atoms with E-state index < -0.39 is 0 Å². The van der Waals surface area contributed by atoms with Gasteiger partial charge in [0.2, 0.25) is 5.82 Å². The van der Waals surface area contributed by atoms with Crippen molar-refractivity contribution in [1.82, 2.24) is 20.4 Å². The Balaban J connectivity index is 1.61. The van der Waals surface area contributed by atoms with Gasteiger partial charge in [-0.25, -0.2) is 0 Å². The van der Waals surface area contributed by atoms with Gasteiger partial charge in [0.15, 0.2) is 5.11 Å². The Hall–Kier alpha value is -3.48. The summed E-state index contributed by atoms with van der Waals surface area (Å²) < 4.78 is 5.82. The van der Waals surface area contributed by atoms with E-state index in [0.717, 1.165) is 33.5 Å². The SMILES string of the molecule is CC1=C(c2nc(-c3cccc(C)c3)no2)C(c2ccccc2)NC(=S)N1Cc1ccccc1Cl. The Morgan fingerprint density at radius 3 is 2.53 bits per heavy atom. The standard InChI is InChI=1S/C27H23ClN4OS/c1-17-9-8-13-20(15-17)25-30-26(33-31-25)23-18(2)32(16-21-12-6-7-14-22(21)28)27(34)29-24(23)19-10-4-3-5-11-19/h3-15,24H,16H2,1-2H3,(H,29,34). The Bertz CT molecular complexity index is 1380. The van der Waals surface area contributed by atoms with Gasteiger partial charge in [0.25, 0.3) is 5.89 Å². The van der Waals surface area contributed by atoms with Gasteiger partial charge < -0.3 is 14.7 Å². The molecule has 7 heteroatoms. The van der Waals surface area contributed by atoms with Crippen molar-refractivity contribution in [1.29, 1.82) is 0 Å². The van der Waals surface area contributed by atoms with Crippen LogP contribution < -0.4 is 5.32 Å². The number of rotatable bonds is 5. The predicted molar refractivity (Wildman–Crippen MR) is 139 cm³/mol. The van der Waals surface area contributed by atoms with Crippen LogP contribution in [0.2, 0.25) is 5.02 Å². The van der Waals surface area contributed by atoms with Crippen LogP contribution in [0.1, 0.15) is 35.5 Å². The molecule has 0 saturated carbocycles. The molecule has 0 spiro atoms.